The molecule has 182 valence electrons. The van der Waals surface area contributed by atoms with Gasteiger partial charge in [-0.05, 0) is 84.0 Å². The third-order valence-corrected chi connectivity index (χ3v) is 7.03. The molecule has 0 spiro atoms. The number of carbonyl (C=O) groups excluding carboxylic acids is 1. The maximum Gasteiger partial charge on any atom is 0.233 e. The average molecular weight is 484 g/mol. The molecule has 1 aliphatic heterocycles. The van der Waals surface area contributed by atoms with E-state index >= 15 is 0 Å². The molecule has 5 heteroatoms. The summed E-state index contributed by atoms with van der Waals surface area (Å²) in [6.45, 7) is 2.08. The van der Waals surface area contributed by atoms with E-state index in [0.717, 1.165) is 16.7 Å². The van der Waals surface area contributed by atoms with Gasteiger partial charge in [0.15, 0.2) is 0 Å². The maximum absolute atomic E-state index is 13.5. The van der Waals surface area contributed by atoms with Crippen molar-refractivity contribution in [3.63, 3.8) is 0 Å². The molecule has 0 bridgehead atoms. The van der Waals surface area contributed by atoms with Crippen LogP contribution in [0.5, 0.6) is 0 Å². The van der Waals surface area contributed by atoms with E-state index in [-0.39, 0.29) is 29.5 Å². The van der Waals surface area contributed by atoms with E-state index in [2.05, 4.69) is 31.2 Å². The topological polar surface area (TPSA) is 40.5 Å². The van der Waals surface area contributed by atoms with Crippen molar-refractivity contribution in [2.45, 2.75) is 31.9 Å². The van der Waals surface area contributed by atoms with Gasteiger partial charge in [0.25, 0.3) is 0 Å². The maximum atomic E-state index is 13.5. The molecule has 0 aromatic heterocycles. The zero-order valence-electron chi connectivity index (χ0n) is 19.9. The highest BCUT2D eigenvalue weighted by Gasteiger charge is 2.48. The van der Waals surface area contributed by atoms with Crippen LogP contribution < -0.4 is 4.90 Å². The van der Waals surface area contributed by atoms with Crippen molar-refractivity contribution in [3.8, 4) is 11.1 Å². The minimum atomic E-state index is -0.789. The fourth-order valence-electron chi connectivity index (χ4n) is 5.05. The number of nitrogens with zero attached hydrogens (tertiary/aromatic N) is 1. The molecule has 1 aliphatic rings. The Bertz CT molecular complexity index is 1350. The van der Waals surface area contributed by atoms with Gasteiger partial charge in [-0.2, -0.15) is 0 Å². The van der Waals surface area contributed by atoms with Crippen molar-refractivity contribution in [1.29, 1.82) is 0 Å². The summed E-state index contributed by atoms with van der Waals surface area (Å²) in [5.41, 5.74) is 5.69. The molecule has 3 nitrogen and oxygen atoms in total. The molecular formula is C31H27F2NO2. The Morgan fingerprint density at radius 1 is 0.833 bits per heavy atom. The van der Waals surface area contributed by atoms with Crippen LogP contribution in [0.2, 0.25) is 0 Å². The second-order valence-electron chi connectivity index (χ2n) is 9.32. The van der Waals surface area contributed by atoms with E-state index in [1.807, 2.05) is 24.3 Å². The van der Waals surface area contributed by atoms with E-state index < -0.39 is 6.10 Å². The summed E-state index contributed by atoms with van der Waals surface area (Å²) in [7, 11) is 0. The fourth-order valence-corrected chi connectivity index (χ4v) is 5.05. The smallest absolute Gasteiger partial charge is 0.233 e. The van der Waals surface area contributed by atoms with E-state index in [1.54, 1.807) is 29.2 Å². The first-order chi connectivity index (χ1) is 17.4. The highest BCUT2D eigenvalue weighted by molar-refractivity contribution is 6.03. The molecule has 0 unspecified atom stereocenters. The quantitative estimate of drug-likeness (QED) is 0.283. The molecule has 1 N–H and O–H groups in total. The van der Waals surface area contributed by atoms with Crippen molar-refractivity contribution in [2.24, 2.45) is 5.92 Å². The summed E-state index contributed by atoms with van der Waals surface area (Å²) < 4.78 is 26.8. The SMILES string of the molecule is Cc1ccccc1-c1ccc([C@@H]2[C@@H](CC[C@H](O)c3ccc(F)cc3)C(=O)N2c2ccc(F)cc2)cc1. The van der Waals surface area contributed by atoms with Gasteiger partial charge < -0.3 is 10.0 Å². The molecule has 0 aliphatic carbocycles. The molecule has 4 aromatic carbocycles. The van der Waals surface area contributed by atoms with Crippen molar-refractivity contribution in [3.05, 3.63) is 125 Å². The molecule has 3 atom stereocenters. The minimum absolute atomic E-state index is 0.0547. The average Bonchev–Trinajstić information content (AvgIpc) is 2.89. The van der Waals surface area contributed by atoms with Crippen LogP contribution in [-0.4, -0.2) is 11.0 Å². The van der Waals surface area contributed by atoms with Gasteiger partial charge in [0.1, 0.15) is 11.6 Å². The minimum Gasteiger partial charge on any atom is -0.388 e. The van der Waals surface area contributed by atoms with E-state index in [4.69, 9.17) is 0 Å². The summed E-state index contributed by atoms with van der Waals surface area (Å²) >= 11 is 0. The normalized spacial score (nSPS) is 18.1. The Morgan fingerprint density at radius 2 is 1.44 bits per heavy atom. The highest BCUT2D eigenvalue weighted by Crippen LogP contribution is 2.46. The first kappa shape index (κ1) is 23.9. The predicted molar refractivity (Wildman–Crippen MR) is 137 cm³/mol. The number of aryl methyl sites for hydroxylation is 1. The summed E-state index contributed by atoms with van der Waals surface area (Å²) in [6.07, 6.45) is 0.0541. The number of rotatable bonds is 7. The van der Waals surface area contributed by atoms with Crippen LogP contribution in [0.25, 0.3) is 11.1 Å². The molecular weight excluding hydrogens is 456 g/mol. The highest BCUT2D eigenvalue weighted by atomic mass is 19.1. The van der Waals surface area contributed by atoms with Crippen molar-refractivity contribution < 1.29 is 18.7 Å². The number of halogens is 2. The fraction of sp³-hybridized carbons (Fsp3) is 0.194. The Hall–Kier alpha value is -3.83. The summed E-state index contributed by atoms with van der Waals surface area (Å²) in [5.74, 6) is -1.09. The molecule has 0 saturated carbocycles. The third-order valence-electron chi connectivity index (χ3n) is 7.03. The summed E-state index contributed by atoms with van der Waals surface area (Å²) in [5, 5.41) is 10.6. The Balaban J connectivity index is 1.40. The first-order valence-corrected chi connectivity index (χ1v) is 12.1. The number of hydrogen-bond donors (Lipinski definition) is 1. The molecule has 0 radical (unpaired) electrons. The Kier molecular flexibility index (Phi) is 6.66. The number of hydrogen-bond acceptors (Lipinski definition) is 2. The van der Waals surface area contributed by atoms with E-state index in [1.165, 1.54) is 29.8 Å². The van der Waals surface area contributed by atoms with Gasteiger partial charge in [-0.15, -0.1) is 0 Å². The van der Waals surface area contributed by atoms with Gasteiger partial charge in [0.2, 0.25) is 5.91 Å². The van der Waals surface area contributed by atoms with Crippen LogP contribution in [0, 0.1) is 24.5 Å². The van der Waals surface area contributed by atoms with Crippen LogP contribution in [-0.2, 0) is 4.79 Å². The molecule has 1 heterocycles. The zero-order valence-corrected chi connectivity index (χ0v) is 19.9. The van der Waals surface area contributed by atoms with Gasteiger partial charge >= 0.3 is 0 Å². The second kappa shape index (κ2) is 10.0. The lowest BCUT2D eigenvalue weighted by Crippen LogP contribution is -2.55. The van der Waals surface area contributed by atoms with Crippen molar-refractivity contribution >= 4 is 11.6 Å². The number of amides is 1. The lowest BCUT2D eigenvalue weighted by Gasteiger charge is -2.48. The van der Waals surface area contributed by atoms with Crippen LogP contribution in [0.1, 0.15) is 41.7 Å². The summed E-state index contributed by atoms with van der Waals surface area (Å²) in [4.78, 5) is 15.0. The standard InChI is InChI=1S/C31H27F2NO2/c1-20-4-2-3-5-27(20)21-6-8-23(9-7-21)30-28(18-19-29(35)22-10-12-24(32)13-11-22)31(36)34(30)26-16-14-25(33)15-17-26/h2-17,28-30,35H,18-19H2,1H3/t28-,29+,30-/m1/s1. The number of carbonyl (C=O) groups is 1. The second-order valence-corrected chi connectivity index (χ2v) is 9.32. The van der Waals surface area contributed by atoms with Gasteiger partial charge in [-0.1, -0.05) is 60.7 Å². The number of anilines is 1. The van der Waals surface area contributed by atoms with E-state index in [9.17, 15) is 18.7 Å². The Morgan fingerprint density at radius 3 is 2.08 bits per heavy atom. The molecule has 1 saturated heterocycles. The van der Waals surface area contributed by atoms with Gasteiger partial charge in [0.05, 0.1) is 18.1 Å². The van der Waals surface area contributed by atoms with Gasteiger partial charge in [-0.3, -0.25) is 4.79 Å². The lowest BCUT2D eigenvalue weighted by molar-refractivity contribution is -0.131. The number of aliphatic hydroxyl groups is 1. The van der Waals surface area contributed by atoms with Gasteiger partial charge in [0, 0.05) is 5.69 Å². The number of benzene rings is 4. The molecule has 4 aromatic rings. The monoisotopic (exact) mass is 483 g/mol. The van der Waals surface area contributed by atoms with Gasteiger partial charge in [-0.25, -0.2) is 8.78 Å². The van der Waals surface area contributed by atoms with E-state index in [0.29, 0.717) is 24.1 Å². The van der Waals surface area contributed by atoms with Crippen LogP contribution >= 0.6 is 0 Å². The molecule has 1 fully saturated rings. The lowest BCUT2D eigenvalue weighted by atomic mass is 9.78. The Labute approximate surface area is 209 Å². The molecule has 1 amide bonds. The van der Waals surface area contributed by atoms with Crippen molar-refractivity contribution in [1.82, 2.24) is 0 Å². The van der Waals surface area contributed by atoms with Crippen molar-refractivity contribution in [2.75, 3.05) is 4.90 Å². The summed E-state index contributed by atoms with van der Waals surface area (Å²) in [6, 6.07) is 27.9. The van der Waals surface area contributed by atoms with Crippen LogP contribution in [0.3, 0.4) is 0 Å². The number of aliphatic hydroxyl groups excluding tert-OH is 1. The predicted octanol–water partition coefficient (Wildman–Crippen LogP) is 7.16. The van der Waals surface area contributed by atoms with Crippen LogP contribution in [0.15, 0.2) is 97.1 Å². The number of β-lactam (4-membered cyclic amide) rings is 1. The zero-order chi connectivity index (χ0) is 25.2. The third kappa shape index (κ3) is 4.67. The van der Waals surface area contributed by atoms with Crippen LogP contribution in [0.4, 0.5) is 14.5 Å². The largest absolute Gasteiger partial charge is 0.388 e. The first-order valence-electron chi connectivity index (χ1n) is 12.1. The molecule has 36 heavy (non-hydrogen) atoms. The molecule has 5 rings (SSSR count).